The van der Waals surface area contributed by atoms with E-state index in [0.29, 0.717) is 5.92 Å². The lowest BCUT2D eigenvalue weighted by atomic mass is 9.97. The van der Waals surface area contributed by atoms with Crippen LogP contribution in [0.4, 0.5) is 0 Å². The Kier molecular flexibility index (Phi) is 6.36. The number of hydrogen-bond acceptors (Lipinski definition) is 6. The van der Waals surface area contributed by atoms with Crippen molar-refractivity contribution in [2.45, 2.75) is 65.6 Å². The molecule has 2 aliphatic heterocycles. The molecule has 4 rings (SSSR count). The lowest BCUT2D eigenvalue weighted by Gasteiger charge is -2.32. The van der Waals surface area contributed by atoms with E-state index < -0.39 is 0 Å². The molecule has 0 radical (unpaired) electrons. The summed E-state index contributed by atoms with van der Waals surface area (Å²) in [6.07, 6.45) is 4.49. The normalized spacial score (nSPS) is 20.9. The Hall–Kier alpha value is -2.42. The molecule has 0 bridgehead atoms. The summed E-state index contributed by atoms with van der Waals surface area (Å²) in [4.78, 5) is 16.0. The van der Waals surface area contributed by atoms with Gasteiger partial charge in [-0.05, 0) is 65.5 Å². The van der Waals surface area contributed by atoms with E-state index in [1.807, 2.05) is 32.5 Å². The molecule has 9 nitrogen and oxygen atoms in total. The van der Waals surface area contributed by atoms with E-state index in [4.69, 9.17) is 4.42 Å². The van der Waals surface area contributed by atoms with Crippen LogP contribution in [-0.2, 0) is 13.1 Å². The number of aromatic nitrogens is 4. The van der Waals surface area contributed by atoms with Crippen LogP contribution in [0.5, 0.6) is 0 Å². The molecule has 2 N–H and O–H groups in total. The smallest absolute Gasteiger partial charge is 0.208 e. The largest absolute Gasteiger partial charge is 0.444 e. The highest BCUT2D eigenvalue weighted by molar-refractivity contribution is 5.80. The molecular formula is C21H34N8O. The van der Waals surface area contributed by atoms with E-state index in [9.17, 15) is 0 Å². The van der Waals surface area contributed by atoms with Crippen molar-refractivity contribution in [3.8, 4) is 0 Å². The Morgan fingerprint density at radius 2 is 1.93 bits per heavy atom. The fourth-order valence-electron chi connectivity index (χ4n) is 4.35. The monoisotopic (exact) mass is 414 g/mol. The topological polar surface area (TPSA) is 96.4 Å². The van der Waals surface area contributed by atoms with Crippen LogP contribution >= 0.6 is 0 Å². The molecule has 2 aliphatic rings. The molecule has 9 heteroatoms. The van der Waals surface area contributed by atoms with Crippen molar-refractivity contribution >= 4 is 5.96 Å². The van der Waals surface area contributed by atoms with Gasteiger partial charge in [-0.15, -0.1) is 0 Å². The average Bonchev–Trinajstić information content (AvgIpc) is 3.27. The minimum Gasteiger partial charge on any atom is -0.444 e. The average molecular weight is 415 g/mol. The molecule has 0 spiro atoms. The molecule has 2 aromatic rings. The molecule has 4 heterocycles. The molecular weight excluding hydrogens is 380 g/mol. The number of rotatable bonds is 5. The van der Waals surface area contributed by atoms with Crippen molar-refractivity contribution in [1.29, 1.82) is 0 Å². The first-order valence-electron chi connectivity index (χ1n) is 11.1. The second-order valence-corrected chi connectivity index (χ2v) is 8.50. The summed E-state index contributed by atoms with van der Waals surface area (Å²) >= 11 is 0. The molecule has 0 aromatic carbocycles. The molecule has 0 saturated carbocycles. The fraction of sp³-hybridized carbons (Fsp3) is 0.714. The number of fused-ring (bicyclic) bond motifs is 1. The van der Waals surface area contributed by atoms with E-state index in [2.05, 4.69) is 35.6 Å². The van der Waals surface area contributed by atoms with E-state index >= 15 is 0 Å². The Morgan fingerprint density at radius 1 is 1.13 bits per heavy atom. The second kappa shape index (κ2) is 9.16. The van der Waals surface area contributed by atoms with E-state index in [-0.39, 0.29) is 6.04 Å². The van der Waals surface area contributed by atoms with Gasteiger partial charge in [-0.2, -0.15) is 5.10 Å². The van der Waals surface area contributed by atoms with E-state index in [1.165, 1.54) is 12.8 Å². The summed E-state index contributed by atoms with van der Waals surface area (Å²) in [5, 5.41) is 11.6. The number of oxazole rings is 1. The van der Waals surface area contributed by atoms with Crippen LogP contribution in [0.25, 0.3) is 0 Å². The van der Waals surface area contributed by atoms with Crippen LogP contribution < -0.4 is 10.6 Å². The number of nitrogens with one attached hydrogen (secondary N) is 2. The molecule has 2 aromatic heterocycles. The van der Waals surface area contributed by atoms with Gasteiger partial charge >= 0.3 is 0 Å². The SMILES string of the molecule is CN=C(NCC1CCN(Cc2nc(C)c(C)o2)CC1)NC1CCCn2nc(C)nc21. The molecule has 0 amide bonds. The predicted octanol–water partition coefficient (Wildman–Crippen LogP) is 2.10. The fourth-order valence-corrected chi connectivity index (χ4v) is 4.35. The lowest BCUT2D eigenvalue weighted by molar-refractivity contribution is 0.164. The van der Waals surface area contributed by atoms with Crippen LogP contribution in [0.1, 0.15) is 60.7 Å². The molecule has 30 heavy (non-hydrogen) atoms. The Morgan fingerprint density at radius 3 is 2.63 bits per heavy atom. The minimum atomic E-state index is 0.167. The van der Waals surface area contributed by atoms with Gasteiger partial charge in [0.25, 0.3) is 0 Å². The Balaban J connectivity index is 1.23. The quantitative estimate of drug-likeness (QED) is 0.571. The number of aliphatic imine (C=N–C) groups is 1. The molecule has 1 fully saturated rings. The van der Waals surface area contributed by atoms with E-state index in [0.717, 1.165) is 80.5 Å². The van der Waals surface area contributed by atoms with E-state index in [1.54, 1.807) is 0 Å². The number of nitrogens with zero attached hydrogens (tertiary/aromatic N) is 6. The van der Waals surface area contributed by atoms with Crippen molar-refractivity contribution in [2.75, 3.05) is 26.7 Å². The lowest BCUT2D eigenvalue weighted by Crippen LogP contribution is -2.44. The highest BCUT2D eigenvalue weighted by atomic mass is 16.4. The Bertz CT molecular complexity index is 858. The predicted molar refractivity (Wildman–Crippen MR) is 115 cm³/mol. The zero-order chi connectivity index (χ0) is 21.1. The summed E-state index contributed by atoms with van der Waals surface area (Å²) in [5.74, 6) is 5.11. The van der Waals surface area contributed by atoms with Crippen LogP contribution in [0, 0.1) is 26.7 Å². The summed E-state index contributed by atoms with van der Waals surface area (Å²) < 4.78 is 7.76. The second-order valence-electron chi connectivity index (χ2n) is 8.50. The van der Waals surface area contributed by atoms with Crippen molar-refractivity contribution in [2.24, 2.45) is 10.9 Å². The van der Waals surface area contributed by atoms with Crippen molar-refractivity contribution in [3.63, 3.8) is 0 Å². The van der Waals surface area contributed by atoms with Gasteiger partial charge in [0.15, 0.2) is 5.96 Å². The zero-order valence-corrected chi connectivity index (χ0v) is 18.6. The number of likely N-dealkylation sites (tertiary alicyclic amines) is 1. The van der Waals surface area contributed by atoms with Crippen LogP contribution in [-0.4, -0.2) is 57.3 Å². The molecule has 0 aliphatic carbocycles. The van der Waals surface area contributed by atoms with Gasteiger partial charge in [0.05, 0.1) is 18.3 Å². The third-order valence-electron chi connectivity index (χ3n) is 6.21. The third-order valence-corrected chi connectivity index (χ3v) is 6.21. The molecule has 1 atom stereocenters. The van der Waals surface area contributed by atoms with Crippen molar-refractivity contribution in [1.82, 2.24) is 35.3 Å². The van der Waals surface area contributed by atoms with Crippen LogP contribution in [0.3, 0.4) is 0 Å². The highest BCUT2D eigenvalue weighted by Gasteiger charge is 2.25. The molecule has 164 valence electrons. The van der Waals surface area contributed by atoms with Gasteiger partial charge in [0.2, 0.25) is 5.89 Å². The van der Waals surface area contributed by atoms with Crippen molar-refractivity contribution in [3.05, 3.63) is 29.0 Å². The first kappa shape index (κ1) is 20.8. The first-order chi connectivity index (χ1) is 14.5. The standard InChI is InChI=1S/C21H34N8O/c1-14-15(2)30-19(24-14)13-28-10-7-17(8-11-28)12-23-21(22-4)26-18-6-5-9-29-20(18)25-16(3)27-29/h17-18H,5-13H2,1-4H3,(H2,22,23,26). The summed E-state index contributed by atoms with van der Waals surface area (Å²) in [5.41, 5.74) is 0.995. The summed E-state index contributed by atoms with van der Waals surface area (Å²) in [6.45, 7) is 10.8. The summed E-state index contributed by atoms with van der Waals surface area (Å²) in [7, 11) is 1.83. The number of hydrogen-bond donors (Lipinski definition) is 2. The van der Waals surface area contributed by atoms with Gasteiger partial charge in [0.1, 0.15) is 17.4 Å². The van der Waals surface area contributed by atoms with Crippen molar-refractivity contribution < 1.29 is 4.42 Å². The maximum Gasteiger partial charge on any atom is 0.208 e. The van der Waals surface area contributed by atoms with Gasteiger partial charge in [-0.1, -0.05) is 0 Å². The maximum atomic E-state index is 5.74. The van der Waals surface area contributed by atoms with Crippen LogP contribution in [0.15, 0.2) is 9.41 Å². The number of aryl methyl sites for hydroxylation is 4. The summed E-state index contributed by atoms with van der Waals surface area (Å²) in [6, 6.07) is 0.167. The Labute approximate surface area is 178 Å². The van der Waals surface area contributed by atoms with Gasteiger partial charge in [-0.3, -0.25) is 9.89 Å². The maximum absolute atomic E-state index is 5.74. The minimum absolute atomic E-state index is 0.167. The molecule has 1 unspecified atom stereocenters. The number of guanidine groups is 1. The number of piperidine rings is 1. The van der Waals surface area contributed by atoms with Gasteiger partial charge in [0, 0.05) is 20.1 Å². The first-order valence-corrected chi connectivity index (χ1v) is 11.1. The van der Waals surface area contributed by atoms with Gasteiger partial charge < -0.3 is 15.1 Å². The van der Waals surface area contributed by atoms with Crippen LogP contribution in [0.2, 0.25) is 0 Å². The molecule has 1 saturated heterocycles. The van der Waals surface area contributed by atoms with Gasteiger partial charge in [-0.25, -0.2) is 14.6 Å². The third kappa shape index (κ3) is 4.83. The zero-order valence-electron chi connectivity index (χ0n) is 18.6. The highest BCUT2D eigenvalue weighted by Crippen LogP contribution is 2.23.